The number of piperidine rings is 1. The first-order valence-electron chi connectivity index (χ1n) is 6.01. The molecule has 1 aromatic heterocycles. The van der Waals surface area contributed by atoms with Crippen LogP contribution >= 0.6 is 11.6 Å². The van der Waals surface area contributed by atoms with Crippen LogP contribution in [-0.4, -0.2) is 33.8 Å². The van der Waals surface area contributed by atoms with Crippen LogP contribution in [0.3, 0.4) is 0 Å². The van der Waals surface area contributed by atoms with Crippen LogP contribution in [-0.2, 0) is 6.42 Å². The van der Waals surface area contributed by atoms with Gasteiger partial charge in [-0.1, -0.05) is 18.5 Å². The molecule has 1 aromatic rings. The van der Waals surface area contributed by atoms with Crippen molar-refractivity contribution in [1.29, 1.82) is 0 Å². The Kier molecular flexibility index (Phi) is 3.54. The Balaban J connectivity index is 2.15. The van der Waals surface area contributed by atoms with Crippen LogP contribution in [0.2, 0.25) is 5.15 Å². The van der Waals surface area contributed by atoms with E-state index in [1.54, 1.807) is 6.07 Å². The van der Waals surface area contributed by atoms with Crippen LogP contribution in [0.4, 0.5) is 5.82 Å². The van der Waals surface area contributed by atoms with E-state index in [2.05, 4.69) is 14.9 Å². The molecule has 0 spiro atoms. The summed E-state index contributed by atoms with van der Waals surface area (Å²) < 4.78 is 0. The van der Waals surface area contributed by atoms with Crippen LogP contribution in [0.5, 0.6) is 0 Å². The number of nitrogens with zero attached hydrogens (tertiary/aromatic N) is 3. The van der Waals surface area contributed by atoms with Gasteiger partial charge in [-0.3, -0.25) is 0 Å². The second-order valence-corrected chi connectivity index (χ2v) is 5.19. The molecule has 0 saturated carbocycles. The molecule has 94 valence electrons. The van der Waals surface area contributed by atoms with Gasteiger partial charge in [-0.25, -0.2) is 9.97 Å². The van der Waals surface area contributed by atoms with Crippen molar-refractivity contribution >= 4 is 17.4 Å². The van der Waals surface area contributed by atoms with E-state index in [4.69, 9.17) is 11.6 Å². The maximum atomic E-state index is 9.91. The minimum absolute atomic E-state index is 0.490. The summed E-state index contributed by atoms with van der Waals surface area (Å²) in [7, 11) is 0. The third kappa shape index (κ3) is 3.07. The summed E-state index contributed by atoms with van der Waals surface area (Å²) in [5, 5.41) is 10.4. The van der Waals surface area contributed by atoms with Gasteiger partial charge in [0, 0.05) is 25.6 Å². The monoisotopic (exact) mass is 255 g/mol. The van der Waals surface area contributed by atoms with Crippen molar-refractivity contribution < 1.29 is 5.11 Å². The minimum Gasteiger partial charge on any atom is -0.390 e. The molecule has 17 heavy (non-hydrogen) atoms. The van der Waals surface area contributed by atoms with E-state index in [1.807, 2.05) is 13.8 Å². The average molecular weight is 256 g/mol. The van der Waals surface area contributed by atoms with Crippen LogP contribution in [0.25, 0.3) is 0 Å². The third-order valence-corrected chi connectivity index (χ3v) is 3.40. The molecule has 5 heteroatoms. The Morgan fingerprint density at radius 3 is 2.65 bits per heavy atom. The smallest absolute Gasteiger partial charge is 0.134 e. The maximum Gasteiger partial charge on any atom is 0.134 e. The van der Waals surface area contributed by atoms with Crippen LogP contribution in [0, 0.1) is 0 Å². The lowest BCUT2D eigenvalue weighted by Gasteiger charge is -2.36. The molecule has 0 unspecified atom stereocenters. The van der Waals surface area contributed by atoms with E-state index in [0.29, 0.717) is 5.15 Å². The number of aromatic nitrogens is 2. The number of rotatable bonds is 2. The molecular weight excluding hydrogens is 238 g/mol. The first kappa shape index (κ1) is 12.6. The van der Waals surface area contributed by atoms with Gasteiger partial charge in [-0.15, -0.1) is 0 Å². The first-order valence-corrected chi connectivity index (χ1v) is 6.39. The summed E-state index contributed by atoms with van der Waals surface area (Å²) in [6, 6.07) is 1.79. The highest BCUT2D eigenvalue weighted by Gasteiger charge is 2.28. The van der Waals surface area contributed by atoms with Crippen molar-refractivity contribution in [2.24, 2.45) is 0 Å². The second-order valence-electron chi connectivity index (χ2n) is 4.80. The molecule has 2 rings (SSSR count). The number of aryl methyl sites for hydroxylation is 1. The van der Waals surface area contributed by atoms with Gasteiger partial charge >= 0.3 is 0 Å². The number of aliphatic hydroxyl groups is 1. The molecule has 0 aromatic carbocycles. The van der Waals surface area contributed by atoms with Gasteiger partial charge in [0.1, 0.15) is 16.8 Å². The molecule has 0 aliphatic carbocycles. The standard InChI is InChI=1S/C12H18ClN3O/c1-3-10-14-9(13)8-11(15-10)16-6-4-12(2,17)5-7-16/h8,17H,3-7H2,1-2H3. The van der Waals surface area contributed by atoms with Gasteiger partial charge in [0.15, 0.2) is 0 Å². The van der Waals surface area contributed by atoms with E-state index in [0.717, 1.165) is 44.0 Å². The molecule has 4 nitrogen and oxygen atoms in total. The van der Waals surface area contributed by atoms with Crippen molar-refractivity contribution in [3.63, 3.8) is 0 Å². The summed E-state index contributed by atoms with van der Waals surface area (Å²) >= 11 is 5.98. The fourth-order valence-corrected chi connectivity index (χ4v) is 2.18. The lowest BCUT2D eigenvalue weighted by molar-refractivity contribution is 0.0350. The van der Waals surface area contributed by atoms with Gasteiger partial charge in [0.05, 0.1) is 5.60 Å². The molecule has 0 radical (unpaired) electrons. The van der Waals surface area contributed by atoms with Crippen molar-refractivity contribution in [2.45, 2.75) is 38.7 Å². The third-order valence-electron chi connectivity index (χ3n) is 3.21. The highest BCUT2D eigenvalue weighted by atomic mass is 35.5. The lowest BCUT2D eigenvalue weighted by atomic mass is 9.94. The van der Waals surface area contributed by atoms with E-state index < -0.39 is 5.60 Å². The Morgan fingerprint density at radius 1 is 1.41 bits per heavy atom. The normalized spacial score (nSPS) is 19.4. The number of hydrogen-bond acceptors (Lipinski definition) is 4. The van der Waals surface area contributed by atoms with Crippen LogP contribution < -0.4 is 4.90 Å². The SMILES string of the molecule is CCc1nc(Cl)cc(N2CCC(C)(O)CC2)n1. The predicted octanol–water partition coefficient (Wildman–Crippen LogP) is 2.04. The van der Waals surface area contributed by atoms with Gasteiger partial charge < -0.3 is 10.0 Å². The molecule has 1 aliphatic heterocycles. The largest absolute Gasteiger partial charge is 0.390 e. The second kappa shape index (κ2) is 4.78. The van der Waals surface area contributed by atoms with Crippen molar-refractivity contribution in [1.82, 2.24) is 9.97 Å². The van der Waals surface area contributed by atoms with E-state index in [-0.39, 0.29) is 0 Å². The molecule has 2 heterocycles. The zero-order chi connectivity index (χ0) is 12.5. The molecule has 0 amide bonds. The van der Waals surface area contributed by atoms with Gasteiger partial charge in [-0.2, -0.15) is 0 Å². The Hall–Kier alpha value is -0.870. The molecule has 1 N–H and O–H groups in total. The summed E-state index contributed by atoms with van der Waals surface area (Å²) in [6.07, 6.45) is 2.30. The van der Waals surface area contributed by atoms with E-state index in [1.165, 1.54) is 0 Å². The summed E-state index contributed by atoms with van der Waals surface area (Å²) in [5.74, 6) is 1.64. The molecule has 1 fully saturated rings. The quantitative estimate of drug-likeness (QED) is 0.822. The van der Waals surface area contributed by atoms with Gasteiger partial charge in [0.2, 0.25) is 0 Å². The summed E-state index contributed by atoms with van der Waals surface area (Å²) in [5.41, 5.74) is -0.541. The summed E-state index contributed by atoms with van der Waals surface area (Å²) in [4.78, 5) is 10.8. The van der Waals surface area contributed by atoms with Gasteiger partial charge in [-0.05, 0) is 19.8 Å². The lowest BCUT2D eigenvalue weighted by Crippen LogP contribution is -2.42. The Morgan fingerprint density at radius 2 is 2.06 bits per heavy atom. The topological polar surface area (TPSA) is 49.2 Å². The first-order chi connectivity index (χ1) is 8.00. The number of anilines is 1. The fourth-order valence-electron chi connectivity index (χ4n) is 1.99. The zero-order valence-corrected chi connectivity index (χ0v) is 11.0. The highest BCUT2D eigenvalue weighted by molar-refractivity contribution is 6.29. The zero-order valence-electron chi connectivity index (χ0n) is 10.3. The molecule has 1 saturated heterocycles. The average Bonchev–Trinajstić information content (AvgIpc) is 2.28. The van der Waals surface area contributed by atoms with E-state index in [9.17, 15) is 5.11 Å². The fraction of sp³-hybridized carbons (Fsp3) is 0.667. The van der Waals surface area contributed by atoms with Crippen LogP contribution in [0.15, 0.2) is 6.07 Å². The van der Waals surface area contributed by atoms with Crippen molar-refractivity contribution in [2.75, 3.05) is 18.0 Å². The van der Waals surface area contributed by atoms with Gasteiger partial charge in [0.25, 0.3) is 0 Å². The Labute approximate surface area is 107 Å². The van der Waals surface area contributed by atoms with E-state index >= 15 is 0 Å². The minimum atomic E-state index is -0.541. The molecule has 0 atom stereocenters. The molecule has 1 aliphatic rings. The highest BCUT2D eigenvalue weighted by Crippen LogP contribution is 2.25. The van der Waals surface area contributed by atoms with Crippen molar-refractivity contribution in [3.05, 3.63) is 17.0 Å². The number of hydrogen-bond donors (Lipinski definition) is 1. The van der Waals surface area contributed by atoms with Crippen LogP contribution in [0.1, 0.15) is 32.5 Å². The maximum absolute atomic E-state index is 9.91. The van der Waals surface area contributed by atoms with Crippen molar-refractivity contribution in [3.8, 4) is 0 Å². The molecule has 0 bridgehead atoms. The number of halogens is 1. The Bertz CT molecular complexity index is 399. The summed E-state index contributed by atoms with van der Waals surface area (Å²) in [6.45, 7) is 5.51. The predicted molar refractivity (Wildman–Crippen MR) is 68.5 cm³/mol. The molecular formula is C12H18ClN3O.